The maximum absolute atomic E-state index is 13.3. The minimum atomic E-state index is -0.724. The third-order valence-corrected chi connectivity index (χ3v) is 5.32. The van der Waals surface area contributed by atoms with Crippen molar-refractivity contribution < 1.29 is 23.9 Å². The number of Topliss-reactive ketones (excluding diaryl/α,β-unsaturated/α-hetero) is 2. The van der Waals surface area contributed by atoms with E-state index >= 15 is 0 Å². The van der Waals surface area contributed by atoms with Crippen LogP contribution in [-0.2, 0) is 21.0 Å². The number of allylic oxidation sites excluding steroid dienone is 2. The molecule has 0 radical (unpaired) electrons. The van der Waals surface area contributed by atoms with Crippen molar-refractivity contribution >= 4 is 17.7 Å². The van der Waals surface area contributed by atoms with E-state index in [-0.39, 0.29) is 36.6 Å². The summed E-state index contributed by atoms with van der Waals surface area (Å²) in [6.07, 6.45) is 4.69. The maximum atomic E-state index is 13.3. The lowest BCUT2D eigenvalue weighted by molar-refractivity contribution is -0.124. The van der Waals surface area contributed by atoms with E-state index in [1.807, 2.05) is 47.6 Å². The van der Waals surface area contributed by atoms with Crippen molar-refractivity contribution in [3.63, 3.8) is 0 Å². The number of hydrogen-bond acceptors (Lipinski definition) is 6. The van der Waals surface area contributed by atoms with Crippen molar-refractivity contribution in [2.75, 3.05) is 6.61 Å². The van der Waals surface area contributed by atoms with Gasteiger partial charge in [-0.05, 0) is 57.4 Å². The lowest BCUT2D eigenvalue weighted by Crippen LogP contribution is -2.50. The minimum Gasteiger partial charge on any atom is -0.444 e. The zero-order valence-corrected chi connectivity index (χ0v) is 22.5. The van der Waals surface area contributed by atoms with E-state index in [2.05, 4.69) is 10.3 Å². The second-order valence-electron chi connectivity index (χ2n) is 11.0. The van der Waals surface area contributed by atoms with Crippen LogP contribution in [0.5, 0.6) is 0 Å². The van der Waals surface area contributed by atoms with Gasteiger partial charge in [-0.3, -0.25) is 9.59 Å². The van der Waals surface area contributed by atoms with E-state index in [1.165, 1.54) is 0 Å². The molecule has 2 unspecified atom stereocenters. The number of carbonyl (C=O) groups excluding carboxylic acids is 3. The van der Waals surface area contributed by atoms with Gasteiger partial charge in [0.05, 0.1) is 6.04 Å². The molecule has 2 atom stereocenters. The van der Waals surface area contributed by atoms with Crippen LogP contribution in [-0.4, -0.2) is 45.5 Å². The van der Waals surface area contributed by atoms with Gasteiger partial charge in [-0.15, -0.1) is 0 Å². The predicted molar refractivity (Wildman–Crippen MR) is 133 cm³/mol. The molecular weight excluding hydrogens is 434 g/mol. The number of ether oxygens (including phenoxy) is 2. The normalized spacial score (nSPS) is 14.6. The lowest BCUT2D eigenvalue weighted by Gasteiger charge is -2.32. The SMILES string of the molecule is CCOCn1ccnc1C(=O)/C(C)=C/C(CC(=O)C(NC(=O)OC(C)(C)C)C(C)(C)C)C(C)C. The first-order chi connectivity index (χ1) is 15.6. The molecule has 1 rings (SSSR count). The van der Waals surface area contributed by atoms with Gasteiger partial charge in [0, 0.05) is 25.4 Å². The van der Waals surface area contributed by atoms with Crippen molar-refractivity contribution in [3.8, 4) is 0 Å². The Morgan fingerprint density at radius 3 is 2.26 bits per heavy atom. The number of amides is 1. The summed E-state index contributed by atoms with van der Waals surface area (Å²) in [5.41, 5.74) is -0.652. The van der Waals surface area contributed by atoms with Crippen LogP contribution in [0.2, 0.25) is 0 Å². The molecule has 1 aromatic heterocycles. The molecule has 0 aliphatic carbocycles. The van der Waals surface area contributed by atoms with E-state index in [0.29, 0.717) is 18.0 Å². The second kappa shape index (κ2) is 12.3. The summed E-state index contributed by atoms with van der Waals surface area (Å²) in [5.74, 6) is -0.0855. The number of hydrogen-bond donors (Lipinski definition) is 1. The summed E-state index contributed by atoms with van der Waals surface area (Å²) in [5, 5.41) is 2.76. The Morgan fingerprint density at radius 1 is 1.15 bits per heavy atom. The van der Waals surface area contributed by atoms with E-state index in [4.69, 9.17) is 9.47 Å². The molecule has 8 nitrogen and oxygen atoms in total. The Morgan fingerprint density at radius 2 is 1.76 bits per heavy atom. The number of nitrogens with zero attached hydrogens (tertiary/aromatic N) is 2. The monoisotopic (exact) mass is 477 g/mol. The summed E-state index contributed by atoms with van der Waals surface area (Å²) in [7, 11) is 0. The number of carbonyl (C=O) groups is 3. The van der Waals surface area contributed by atoms with Crippen molar-refractivity contribution in [2.45, 2.75) is 94.0 Å². The highest BCUT2D eigenvalue weighted by atomic mass is 16.6. The molecule has 1 N–H and O–H groups in total. The number of nitrogens with one attached hydrogen (secondary N) is 1. The molecule has 0 aliphatic rings. The van der Waals surface area contributed by atoms with Crippen LogP contribution < -0.4 is 5.32 Å². The Labute approximate surface area is 204 Å². The third kappa shape index (κ3) is 9.41. The van der Waals surface area contributed by atoms with Crippen molar-refractivity contribution in [3.05, 3.63) is 29.9 Å². The Hall–Kier alpha value is -2.48. The molecule has 0 aromatic carbocycles. The number of alkyl carbamates (subject to hydrolysis) is 1. The van der Waals surface area contributed by atoms with Gasteiger partial charge in [-0.1, -0.05) is 40.7 Å². The van der Waals surface area contributed by atoms with Gasteiger partial charge in [-0.2, -0.15) is 0 Å². The topological polar surface area (TPSA) is 99.5 Å². The zero-order valence-electron chi connectivity index (χ0n) is 22.5. The van der Waals surface area contributed by atoms with E-state index in [9.17, 15) is 14.4 Å². The zero-order chi connectivity index (χ0) is 26.3. The van der Waals surface area contributed by atoms with Gasteiger partial charge in [0.15, 0.2) is 11.6 Å². The third-order valence-electron chi connectivity index (χ3n) is 5.32. The van der Waals surface area contributed by atoms with Gasteiger partial charge >= 0.3 is 6.09 Å². The molecule has 1 aromatic rings. The van der Waals surface area contributed by atoms with E-state index < -0.39 is 23.2 Å². The van der Waals surface area contributed by atoms with Crippen LogP contribution >= 0.6 is 0 Å². The second-order valence-corrected chi connectivity index (χ2v) is 11.0. The van der Waals surface area contributed by atoms with Gasteiger partial charge in [-0.25, -0.2) is 9.78 Å². The average molecular weight is 478 g/mol. The first-order valence-electron chi connectivity index (χ1n) is 11.9. The van der Waals surface area contributed by atoms with E-state index in [0.717, 1.165) is 0 Å². The molecule has 1 heterocycles. The summed E-state index contributed by atoms with van der Waals surface area (Å²) in [4.78, 5) is 43.0. The molecule has 34 heavy (non-hydrogen) atoms. The Kier molecular flexibility index (Phi) is 10.7. The van der Waals surface area contributed by atoms with Crippen LogP contribution in [0.3, 0.4) is 0 Å². The summed E-state index contributed by atoms with van der Waals surface area (Å²) in [6, 6.07) is -0.724. The molecule has 0 bridgehead atoms. The van der Waals surface area contributed by atoms with Crippen LogP contribution in [0.4, 0.5) is 4.79 Å². The number of aromatic nitrogens is 2. The first-order valence-corrected chi connectivity index (χ1v) is 11.9. The smallest absolute Gasteiger partial charge is 0.408 e. The highest BCUT2D eigenvalue weighted by Gasteiger charge is 2.35. The molecule has 0 saturated carbocycles. The molecular formula is C26H43N3O5. The summed E-state index contributed by atoms with van der Waals surface area (Å²) in [6.45, 7) is 19.5. The fraction of sp³-hybridized carbons (Fsp3) is 0.692. The standard InChI is InChI=1S/C26H43N3O5/c1-11-33-16-29-13-12-27-23(29)21(31)18(4)14-19(17(2)3)15-20(30)22(25(5,6)7)28-24(32)34-26(8,9)10/h12-14,17,19,22H,11,15-16H2,1-10H3,(H,28,32)/b18-14+. The number of imidazole rings is 1. The lowest BCUT2D eigenvalue weighted by atomic mass is 9.79. The quantitative estimate of drug-likeness (QED) is 0.348. The first kappa shape index (κ1) is 29.6. The van der Waals surface area contributed by atoms with Crippen LogP contribution in [0.25, 0.3) is 0 Å². The minimum absolute atomic E-state index is 0.105. The van der Waals surface area contributed by atoms with Crippen LogP contribution in [0.1, 0.15) is 86.3 Å². The highest BCUT2D eigenvalue weighted by molar-refractivity contribution is 6.06. The Bertz CT molecular complexity index is 872. The highest BCUT2D eigenvalue weighted by Crippen LogP contribution is 2.27. The van der Waals surface area contributed by atoms with E-state index in [1.54, 1.807) is 44.7 Å². The predicted octanol–water partition coefficient (Wildman–Crippen LogP) is 5.18. The average Bonchev–Trinajstić information content (AvgIpc) is 3.15. The van der Waals surface area contributed by atoms with Gasteiger partial charge < -0.3 is 19.4 Å². The van der Waals surface area contributed by atoms with Crippen molar-refractivity contribution in [1.82, 2.24) is 14.9 Å². The fourth-order valence-electron chi connectivity index (χ4n) is 3.43. The number of ketones is 2. The van der Waals surface area contributed by atoms with Crippen molar-refractivity contribution in [2.24, 2.45) is 17.3 Å². The summed E-state index contributed by atoms with van der Waals surface area (Å²) < 4.78 is 12.4. The molecule has 0 spiro atoms. The van der Waals surface area contributed by atoms with Crippen molar-refractivity contribution in [1.29, 1.82) is 0 Å². The van der Waals surface area contributed by atoms with Crippen LogP contribution in [0, 0.1) is 17.3 Å². The summed E-state index contributed by atoms with van der Waals surface area (Å²) >= 11 is 0. The van der Waals surface area contributed by atoms with Crippen LogP contribution in [0.15, 0.2) is 24.0 Å². The maximum Gasteiger partial charge on any atom is 0.408 e. The Balaban J connectivity index is 3.07. The van der Waals surface area contributed by atoms with Gasteiger partial charge in [0.25, 0.3) is 0 Å². The molecule has 8 heteroatoms. The molecule has 1 amide bonds. The molecule has 0 saturated heterocycles. The molecule has 0 fully saturated rings. The fourth-order valence-corrected chi connectivity index (χ4v) is 3.43. The van der Waals surface area contributed by atoms with Gasteiger partial charge in [0.1, 0.15) is 12.3 Å². The van der Waals surface area contributed by atoms with Gasteiger partial charge in [0.2, 0.25) is 5.78 Å². The number of rotatable bonds is 11. The molecule has 0 aliphatic heterocycles. The largest absolute Gasteiger partial charge is 0.444 e. The molecule has 192 valence electrons.